The van der Waals surface area contributed by atoms with Crippen LogP contribution in [0.4, 0.5) is 0 Å². The van der Waals surface area contributed by atoms with E-state index in [-0.39, 0.29) is 24.9 Å². The molecule has 6 heteroatoms. The van der Waals surface area contributed by atoms with Crippen LogP contribution in [0.1, 0.15) is 278 Å². The number of rotatable bonds is 49. The fourth-order valence-electron chi connectivity index (χ4n) is 8.24. The molecule has 63 heavy (non-hydrogen) atoms. The van der Waals surface area contributed by atoms with Gasteiger partial charge in [-0.3, -0.25) is 9.59 Å². The lowest BCUT2D eigenvalue weighted by molar-refractivity contribution is -0.151. The van der Waals surface area contributed by atoms with Crippen LogP contribution in [0.25, 0.3) is 0 Å². The predicted octanol–water partition coefficient (Wildman–Crippen LogP) is 16.6. The molecule has 0 spiro atoms. The molecule has 0 saturated carbocycles. The van der Waals surface area contributed by atoms with Gasteiger partial charge in [0.25, 0.3) is 0 Å². The maximum absolute atomic E-state index is 13.2. The molecule has 0 aliphatic rings. The fourth-order valence-corrected chi connectivity index (χ4v) is 8.24. The number of carbonyl (C=O) groups is 2. The zero-order valence-electron chi connectivity index (χ0n) is 42.0. The van der Waals surface area contributed by atoms with Gasteiger partial charge in [0.2, 0.25) is 5.91 Å². The summed E-state index contributed by atoms with van der Waals surface area (Å²) >= 11 is 0. The molecule has 0 heterocycles. The Kier molecular flexibility index (Phi) is 49.1. The number of aliphatic hydroxyl groups excluding tert-OH is 2. The molecule has 0 aliphatic heterocycles. The smallest absolute Gasteiger partial charge is 0.306 e. The van der Waals surface area contributed by atoms with Crippen molar-refractivity contribution in [2.24, 2.45) is 0 Å². The molecule has 3 atom stereocenters. The van der Waals surface area contributed by atoms with Crippen molar-refractivity contribution in [1.82, 2.24) is 5.32 Å². The van der Waals surface area contributed by atoms with Crippen LogP contribution >= 0.6 is 0 Å². The largest absolute Gasteiger partial charge is 0.462 e. The van der Waals surface area contributed by atoms with E-state index in [1.165, 1.54) is 154 Å². The lowest BCUT2D eigenvalue weighted by atomic mass is 10.0. The summed E-state index contributed by atoms with van der Waals surface area (Å²) in [6.45, 7) is 6.46. The third-order valence-electron chi connectivity index (χ3n) is 12.4. The number of aliphatic hydroxyl groups is 2. The summed E-state index contributed by atoms with van der Waals surface area (Å²) in [6, 6.07) is -0.706. The van der Waals surface area contributed by atoms with Crippen molar-refractivity contribution in [3.8, 4) is 0 Å². The number of carbonyl (C=O) groups excluding carboxylic acids is 2. The predicted molar refractivity (Wildman–Crippen MR) is 273 cm³/mol. The Morgan fingerprint density at radius 3 is 1.24 bits per heavy atom. The van der Waals surface area contributed by atoms with Crippen LogP contribution in [0.5, 0.6) is 0 Å². The Labute approximate surface area is 391 Å². The molecule has 1 amide bonds. The fraction of sp³-hybridized carbons (Fsp3) is 0.825. The van der Waals surface area contributed by atoms with Crippen molar-refractivity contribution in [1.29, 1.82) is 0 Å². The second-order valence-electron chi connectivity index (χ2n) is 18.6. The number of unbranched alkanes of at least 4 members (excludes halogenated alkanes) is 29. The molecule has 0 fully saturated rings. The van der Waals surface area contributed by atoms with Gasteiger partial charge in [-0.2, -0.15) is 0 Å². The molecule has 3 N–H and O–H groups in total. The van der Waals surface area contributed by atoms with Crippen molar-refractivity contribution in [3.05, 3.63) is 48.6 Å². The maximum Gasteiger partial charge on any atom is 0.306 e. The van der Waals surface area contributed by atoms with E-state index >= 15 is 0 Å². The molecule has 0 aromatic heterocycles. The highest BCUT2D eigenvalue weighted by Gasteiger charge is 2.24. The SMILES string of the molecule is CCCCC/C=C\C/C=C\C/C=C\C/C=C\CCCCCC(=O)OC(CCCCCCCCCCCCCCC)CC(=O)NC(CO)C(O)CCCCCCCCCCCCCC. The third-order valence-corrected chi connectivity index (χ3v) is 12.4. The quantitative estimate of drug-likeness (QED) is 0.0321. The highest BCUT2D eigenvalue weighted by atomic mass is 16.5. The monoisotopic (exact) mass is 884 g/mol. The molecule has 6 nitrogen and oxygen atoms in total. The van der Waals surface area contributed by atoms with Gasteiger partial charge in [-0.05, 0) is 70.6 Å². The molecule has 368 valence electrons. The molecule has 3 unspecified atom stereocenters. The minimum Gasteiger partial charge on any atom is -0.462 e. The van der Waals surface area contributed by atoms with Gasteiger partial charge in [-0.1, -0.05) is 243 Å². The van der Waals surface area contributed by atoms with Gasteiger partial charge in [0.05, 0.1) is 25.2 Å². The number of allylic oxidation sites excluding steroid dienone is 8. The summed E-state index contributed by atoms with van der Waals surface area (Å²) in [7, 11) is 0. The van der Waals surface area contributed by atoms with Crippen molar-refractivity contribution < 1.29 is 24.5 Å². The highest BCUT2D eigenvalue weighted by Crippen LogP contribution is 2.18. The van der Waals surface area contributed by atoms with Crippen LogP contribution in [0, 0.1) is 0 Å². The lowest BCUT2D eigenvalue weighted by Crippen LogP contribution is -2.46. The first-order valence-electron chi connectivity index (χ1n) is 27.4. The van der Waals surface area contributed by atoms with E-state index in [1.807, 2.05) is 0 Å². The zero-order valence-corrected chi connectivity index (χ0v) is 42.0. The van der Waals surface area contributed by atoms with E-state index in [0.717, 1.165) is 77.0 Å². The average Bonchev–Trinajstić information content (AvgIpc) is 3.28. The summed E-state index contributed by atoms with van der Waals surface area (Å²) in [4.78, 5) is 26.2. The van der Waals surface area contributed by atoms with Crippen LogP contribution in [0.15, 0.2) is 48.6 Å². The first-order valence-corrected chi connectivity index (χ1v) is 27.4. The molecular weight excluding hydrogens is 779 g/mol. The number of hydrogen-bond acceptors (Lipinski definition) is 5. The van der Waals surface area contributed by atoms with Crippen LogP contribution in [-0.2, 0) is 14.3 Å². The summed E-state index contributed by atoms with van der Waals surface area (Å²) in [5.41, 5.74) is 0. The minimum atomic E-state index is -0.791. The summed E-state index contributed by atoms with van der Waals surface area (Å²) in [5.74, 6) is -0.500. The number of esters is 1. The first-order chi connectivity index (χ1) is 31.0. The van der Waals surface area contributed by atoms with Gasteiger partial charge >= 0.3 is 5.97 Å². The Hall–Kier alpha value is -2.18. The van der Waals surface area contributed by atoms with E-state index in [0.29, 0.717) is 19.3 Å². The normalized spacial score (nSPS) is 13.5. The summed E-state index contributed by atoms with van der Waals surface area (Å²) in [6.07, 6.45) is 61.7. The Balaban J connectivity index is 4.59. The molecule has 0 radical (unpaired) electrons. The maximum atomic E-state index is 13.2. The average molecular weight is 884 g/mol. The van der Waals surface area contributed by atoms with Gasteiger partial charge < -0.3 is 20.3 Å². The van der Waals surface area contributed by atoms with Gasteiger partial charge in [0.1, 0.15) is 6.10 Å². The molecule has 0 aromatic rings. The second-order valence-corrected chi connectivity index (χ2v) is 18.6. The van der Waals surface area contributed by atoms with Crippen LogP contribution < -0.4 is 5.32 Å². The van der Waals surface area contributed by atoms with Gasteiger partial charge in [-0.15, -0.1) is 0 Å². The number of amides is 1. The molecule has 0 saturated heterocycles. The molecule has 0 rings (SSSR count). The second kappa shape index (κ2) is 50.8. The van der Waals surface area contributed by atoms with Crippen molar-refractivity contribution in [2.75, 3.05) is 6.61 Å². The van der Waals surface area contributed by atoms with E-state index in [1.54, 1.807) is 0 Å². The number of nitrogens with one attached hydrogen (secondary N) is 1. The zero-order chi connectivity index (χ0) is 45.9. The Morgan fingerprint density at radius 1 is 0.460 bits per heavy atom. The third kappa shape index (κ3) is 46.2. The first kappa shape index (κ1) is 60.8. The number of hydrogen-bond donors (Lipinski definition) is 3. The Morgan fingerprint density at radius 2 is 0.810 bits per heavy atom. The molecule has 0 bridgehead atoms. The van der Waals surface area contributed by atoms with Crippen LogP contribution in [0.3, 0.4) is 0 Å². The van der Waals surface area contributed by atoms with Crippen LogP contribution in [-0.4, -0.2) is 46.9 Å². The van der Waals surface area contributed by atoms with Crippen molar-refractivity contribution in [3.63, 3.8) is 0 Å². The summed E-state index contributed by atoms with van der Waals surface area (Å²) < 4.78 is 5.94. The van der Waals surface area contributed by atoms with Crippen LogP contribution in [0.2, 0.25) is 0 Å². The molecule has 0 aliphatic carbocycles. The molecular formula is C57H105NO5. The molecule has 0 aromatic carbocycles. The summed E-state index contributed by atoms with van der Waals surface area (Å²) in [5, 5.41) is 23.8. The van der Waals surface area contributed by atoms with E-state index in [2.05, 4.69) is 74.7 Å². The van der Waals surface area contributed by atoms with Crippen molar-refractivity contribution in [2.45, 2.75) is 296 Å². The number of ether oxygens (including phenoxy) is 1. The minimum absolute atomic E-state index is 0.0673. The van der Waals surface area contributed by atoms with Crippen molar-refractivity contribution >= 4 is 11.9 Å². The van der Waals surface area contributed by atoms with E-state index in [9.17, 15) is 19.8 Å². The van der Waals surface area contributed by atoms with E-state index < -0.39 is 18.2 Å². The van der Waals surface area contributed by atoms with Gasteiger partial charge in [0, 0.05) is 6.42 Å². The van der Waals surface area contributed by atoms with Gasteiger partial charge in [-0.25, -0.2) is 0 Å². The Bertz CT molecular complexity index is 1080. The lowest BCUT2D eigenvalue weighted by Gasteiger charge is -2.24. The van der Waals surface area contributed by atoms with E-state index in [4.69, 9.17) is 4.74 Å². The highest BCUT2D eigenvalue weighted by molar-refractivity contribution is 5.77. The topological polar surface area (TPSA) is 95.9 Å². The standard InChI is InChI=1S/C57H105NO5/c1-4-7-10-13-16-19-22-25-26-27-28-29-30-32-35-38-41-44-47-50-57(62)63-53(48-45-42-39-36-33-31-23-20-17-14-11-8-5-2)51-56(61)58-54(52-59)55(60)49-46-43-40-37-34-24-21-18-15-12-9-6-3/h16,19,25-26,28-29,32,35,53-55,59-60H,4-15,17-18,20-24,27,30-31,33-34,36-52H2,1-3H3,(H,58,61)/b19-16-,26-25-,29-28-,35-32-. The van der Waals surface area contributed by atoms with Gasteiger partial charge in [0.15, 0.2) is 0 Å².